The van der Waals surface area contributed by atoms with Gasteiger partial charge < -0.3 is 14.6 Å². The summed E-state index contributed by atoms with van der Waals surface area (Å²) in [7, 11) is 1.60. The Labute approximate surface area is 132 Å². The third-order valence-electron chi connectivity index (χ3n) is 2.80. The Kier molecular flexibility index (Phi) is 5.22. The molecule has 0 saturated carbocycles. The topological polar surface area (TPSA) is 51.0 Å². The van der Waals surface area contributed by atoms with Crippen molar-refractivity contribution in [3.63, 3.8) is 0 Å². The number of aliphatic imine (C=N–C) groups is 1. The summed E-state index contributed by atoms with van der Waals surface area (Å²) in [5, 5.41) is 10.2. The van der Waals surface area contributed by atoms with Crippen LogP contribution in [0, 0.1) is 0 Å². The van der Waals surface area contributed by atoms with E-state index in [0.717, 1.165) is 4.47 Å². The number of nitrogens with zero attached hydrogens (tertiary/aromatic N) is 1. The van der Waals surface area contributed by atoms with Crippen molar-refractivity contribution in [1.82, 2.24) is 0 Å². The van der Waals surface area contributed by atoms with E-state index in [0.29, 0.717) is 29.4 Å². The zero-order chi connectivity index (χ0) is 15.2. The van der Waals surface area contributed by atoms with Gasteiger partial charge in [-0.1, -0.05) is 28.1 Å². The minimum Gasteiger partial charge on any atom is -0.504 e. The van der Waals surface area contributed by atoms with E-state index in [2.05, 4.69) is 20.9 Å². The molecule has 0 saturated heterocycles. The second-order valence-electron chi connectivity index (χ2n) is 4.20. The highest BCUT2D eigenvalue weighted by Gasteiger charge is 2.09. The number of ether oxygens (including phenoxy) is 2. The first-order valence-electron chi connectivity index (χ1n) is 6.48. The Morgan fingerprint density at radius 2 is 2.00 bits per heavy atom. The monoisotopic (exact) mass is 349 g/mol. The minimum absolute atomic E-state index is 0.0682. The molecule has 0 aliphatic heterocycles. The molecule has 1 N–H and O–H groups in total. The van der Waals surface area contributed by atoms with Crippen molar-refractivity contribution in [3.8, 4) is 17.2 Å². The van der Waals surface area contributed by atoms with Crippen LogP contribution in [0.25, 0.3) is 0 Å². The highest BCUT2D eigenvalue weighted by Crippen LogP contribution is 2.34. The van der Waals surface area contributed by atoms with Gasteiger partial charge in [-0.2, -0.15) is 0 Å². The van der Waals surface area contributed by atoms with E-state index >= 15 is 0 Å². The lowest BCUT2D eigenvalue weighted by atomic mass is 10.2. The van der Waals surface area contributed by atoms with E-state index < -0.39 is 0 Å². The van der Waals surface area contributed by atoms with Crippen molar-refractivity contribution in [2.24, 2.45) is 4.99 Å². The number of hydrogen-bond donors (Lipinski definition) is 1. The van der Waals surface area contributed by atoms with Crippen molar-refractivity contribution in [2.75, 3.05) is 13.7 Å². The summed E-state index contributed by atoms with van der Waals surface area (Å²) in [6, 6.07) is 10.9. The summed E-state index contributed by atoms with van der Waals surface area (Å²) in [5.74, 6) is 1.17. The Morgan fingerprint density at radius 1 is 1.24 bits per heavy atom. The molecule has 2 aromatic carbocycles. The summed E-state index contributed by atoms with van der Waals surface area (Å²) >= 11 is 3.39. The molecule has 0 bridgehead atoms. The SMILES string of the molecule is CCOc1cc(Br)cc(C=Nc2ccccc2OC)c1O. The molecule has 0 fully saturated rings. The van der Waals surface area contributed by atoms with E-state index in [9.17, 15) is 5.11 Å². The first kappa shape index (κ1) is 15.4. The number of para-hydroxylation sites is 2. The average Bonchev–Trinajstić information content (AvgIpc) is 2.49. The van der Waals surface area contributed by atoms with Crippen LogP contribution in [0.3, 0.4) is 0 Å². The molecule has 0 aliphatic carbocycles. The number of rotatable bonds is 5. The molecule has 5 heteroatoms. The Morgan fingerprint density at radius 3 is 2.71 bits per heavy atom. The Bertz CT molecular complexity index is 656. The van der Waals surface area contributed by atoms with Crippen LogP contribution in [0.2, 0.25) is 0 Å². The van der Waals surface area contributed by atoms with Crippen LogP contribution in [0.4, 0.5) is 5.69 Å². The van der Waals surface area contributed by atoms with E-state index in [1.807, 2.05) is 31.2 Å². The molecule has 0 unspecified atom stereocenters. The molecule has 0 amide bonds. The lowest BCUT2D eigenvalue weighted by Crippen LogP contribution is -1.94. The van der Waals surface area contributed by atoms with Crippen molar-refractivity contribution >= 4 is 27.8 Å². The van der Waals surface area contributed by atoms with Gasteiger partial charge in [0.15, 0.2) is 11.5 Å². The van der Waals surface area contributed by atoms with Gasteiger partial charge in [-0.25, -0.2) is 0 Å². The fourth-order valence-corrected chi connectivity index (χ4v) is 2.29. The van der Waals surface area contributed by atoms with Crippen molar-refractivity contribution in [1.29, 1.82) is 0 Å². The van der Waals surface area contributed by atoms with Crippen LogP contribution in [0.5, 0.6) is 17.2 Å². The van der Waals surface area contributed by atoms with Gasteiger partial charge in [-0.3, -0.25) is 4.99 Å². The normalized spacial score (nSPS) is 10.8. The van der Waals surface area contributed by atoms with Gasteiger partial charge in [0.2, 0.25) is 0 Å². The fourth-order valence-electron chi connectivity index (χ4n) is 1.83. The van der Waals surface area contributed by atoms with Gasteiger partial charge in [0.25, 0.3) is 0 Å². The van der Waals surface area contributed by atoms with E-state index in [1.54, 1.807) is 25.5 Å². The third-order valence-corrected chi connectivity index (χ3v) is 3.25. The number of phenols is 1. The molecule has 0 radical (unpaired) electrons. The maximum atomic E-state index is 10.2. The Balaban J connectivity index is 2.36. The molecule has 0 heterocycles. The van der Waals surface area contributed by atoms with Crippen LogP contribution in [-0.4, -0.2) is 25.0 Å². The number of hydrogen-bond acceptors (Lipinski definition) is 4. The summed E-state index contributed by atoms with van der Waals surface area (Å²) in [5.41, 5.74) is 1.26. The summed E-state index contributed by atoms with van der Waals surface area (Å²) in [6.45, 7) is 2.34. The number of phenolic OH excluding ortho intramolecular Hbond substituents is 1. The quantitative estimate of drug-likeness (QED) is 0.818. The van der Waals surface area contributed by atoms with Crippen LogP contribution in [-0.2, 0) is 0 Å². The third kappa shape index (κ3) is 3.76. The highest BCUT2D eigenvalue weighted by atomic mass is 79.9. The summed E-state index contributed by atoms with van der Waals surface area (Å²) in [4.78, 5) is 4.36. The minimum atomic E-state index is 0.0682. The van der Waals surface area contributed by atoms with Gasteiger partial charge in [-0.05, 0) is 31.2 Å². The zero-order valence-corrected chi connectivity index (χ0v) is 13.4. The lowest BCUT2D eigenvalue weighted by molar-refractivity contribution is 0.317. The maximum absolute atomic E-state index is 10.2. The number of methoxy groups -OCH3 is 1. The molecule has 2 aromatic rings. The first-order valence-corrected chi connectivity index (χ1v) is 7.27. The van der Waals surface area contributed by atoms with Crippen molar-refractivity contribution in [2.45, 2.75) is 6.92 Å². The van der Waals surface area contributed by atoms with E-state index in [4.69, 9.17) is 9.47 Å². The predicted molar refractivity (Wildman–Crippen MR) is 87.2 cm³/mol. The fraction of sp³-hybridized carbons (Fsp3) is 0.188. The van der Waals surface area contributed by atoms with Crippen LogP contribution in [0.1, 0.15) is 12.5 Å². The lowest BCUT2D eigenvalue weighted by Gasteiger charge is -2.09. The van der Waals surface area contributed by atoms with Gasteiger partial charge >= 0.3 is 0 Å². The highest BCUT2D eigenvalue weighted by molar-refractivity contribution is 9.10. The predicted octanol–water partition coefficient (Wildman–Crippen LogP) is 4.31. The summed E-state index contributed by atoms with van der Waals surface area (Å²) < 4.78 is 11.4. The van der Waals surface area contributed by atoms with E-state index in [1.165, 1.54) is 0 Å². The average molecular weight is 350 g/mol. The molecule has 4 nitrogen and oxygen atoms in total. The number of benzene rings is 2. The van der Waals surface area contributed by atoms with Gasteiger partial charge in [0.1, 0.15) is 11.4 Å². The second-order valence-corrected chi connectivity index (χ2v) is 5.12. The van der Waals surface area contributed by atoms with E-state index in [-0.39, 0.29) is 5.75 Å². The van der Waals surface area contributed by atoms with Crippen LogP contribution >= 0.6 is 15.9 Å². The molecule has 0 atom stereocenters. The van der Waals surface area contributed by atoms with Gasteiger partial charge in [0.05, 0.1) is 13.7 Å². The number of halogens is 1. The molecule has 2 rings (SSSR count). The zero-order valence-electron chi connectivity index (χ0n) is 11.8. The van der Waals surface area contributed by atoms with Crippen LogP contribution < -0.4 is 9.47 Å². The van der Waals surface area contributed by atoms with Gasteiger partial charge in [0, 0.05) is 16.3 Å². The largest absolute Gasteiger partial charge is 0.504 e. The Hall–Kier alpha value is -2.01. The van der Waals surface area contributed by atoms with Gasteiger partial charge in [-0.15, -0.1) is 0 Å². The van der Waals surface area contributed by atoms with Crippen LogP contribution in [0.15, 0.2) is 45.9 Å². The van der Waals surface area contributed by atoms with Crippen molar-refractivity contribution < 1.29 is 14.6 Å². The molecular formula is C16H16BrNO3. The van der Waals surface area contributed by atoms with Crippen molar-refractivity contribution in [3.05, 3.63) is 46.4 Å². The second kappa shape index (κ2) is 7.13. The molecular weight excluding hydrogens is 334 g/mol. The summed E-state index contributed by atoms with van der Waals surface area (Å²) in [6.07, 6.45) is 1.58. The number of aromatic hydroxyl groups is 1. The molecule has 0 aromatic heterocycles. The smallest absolute Gasteiger partial charge is 0.166 e. The molecule has 110 valence electrons. The first-order chi connectivity index (χ1) is 10.2. The standard InChI is InChI=1S/C16H16BrNO3/c1-3-21-15-9-12(17)8-11(16(15)19)10-18-13-6-4-5-7-14(13)20-2/h4-10,19H,3H2,1-2H3. The molecule has 0 aliphatic rings. The molecule has 21 heavy (non-hydrogen) atoms. The molecule has 0 spiro atoms. The maximum Gasteiger partial charge on any atom is 0.166 e.